The maximum absolute atomic E-state index is 5.73. The molecule has 2 aromatic rings. The number of pyridine rings is 1. The van der Waals surface area contributed by atoms with Gasteiger partial charge in [-0.2, -0.15) is 0 Å². The monoisotopic (exact) mass is 246 g/mol. The summed E-state index contributed by atoms with van der Waals surface area (Å²) in [5.74, 6) is 0. The molecule has 0 aliphatic heterocycles. The Hall–Kier alpha value is -1.54. The van der Waals surface area contributed by atoms with E-state index in [1.165, 1.54) is 16.7 Å². The fourth-order valence-corrected chi connectivity index (χ4v) is 1.71. The molecule has 0 aliphatic rings. The molecule has 0 amide bonds. The zero-order valence-electron chi connectivity index (χ0n) is 10.00. The molecule has 0 unspecified atom stereocenters. The minimum absolute atomic E-state index is 0.515. The SMILES string of the molecule is Cc1ccc(CNc2ccc(Cl)nc2)cc1C. The van der Waals surface area contributed by atoms with E-state index in [1.807, 2.05) is 6.07 Å². The minimum atomic E-state index is 0.515. The van der Waals surface area contributed by atoms with Crippen molar-refractivity contribution in [3.8, 4) is 0 Å². The fourth-order valence-electron chi connectivity index (χ4n) is 1.60. The second-order valence-electron chi connectivity index (χ2n) is 4.14. The highest BCUT2D eigenvalue weighted by atomic mass is 35.5. The molecule has 2 rings (SSSR count). The molecule has 3 heteroatoms. The molecule has 0 fully saturated rings. The molecule has 17 heavy (non-hydrogen) atoms. The van der Waals surface area contributed by atoms with Crippen molar-refractivity contribution < 1.29 is 0 Å². The van der Waals surface area contributed by atoms with Gasteiger partial charge in [0.25, 0.3) is 0 Å². The van der Waals surface area contributed by atoms with Gasteiger partial charge in [0.1, 0.15) is 5.15 Å². The van der Waals surface area contributed by atoms with Crippen LogP contribution < -0.4 is 5.32 Å². The fraction of sp³-hybridized carbons (Fsp3) is 0.214. The summed E-state index contributed by atoms with van der Waals surface area (Å²) in [4.78, 5) is 4.03. The molecular formula is C14H15ClN2. The van der Waals surface area contributed by atoms with E-state index in [0.717, 1.165) is 12.2 Å². The van der Waals surface area contributed by atoms with Crippen LogP contribution in [0.3, 0.4) is 0 Å². The van der Waals surface area contributed by atoms with Gasteiger partial charge in [0.2, 0.25) is 0 Å². The van der Waals surface area contributed by atoms with Crippen molar-refractivity contribution >= 4 is 17.3 Å². The second-order valence-corrected chi connectivity index (χ2v) is 4.53. The van der Waals surface area contributed by atoms with Gasteiger partial charge in [0, 0.05) is 6.54 Å². The van der Waals surface area contributed by atoms with E-state index in [0.29, 0.717) is 5.15 Å². The van der Waals surface area contributed by atoms with E-state index in [9.17, 15) is 0 Å². The van der Waals surface area contributed by atoms with Gasteiger partial charge >= 0.3 is 0 Å². The molecule has 0 atom stereocenters. The first-order valence-electron chi connectivity index (χ1n) is 5.57. The van der Waals surface area contributed by atoms with E-state index < -0.39 is 0 Å². The molecule has 0 radical (unpaired) electrons. The molecule has 0 aliphatic carbocycles. The molecular weight excluding hydrogens is 232 g/mol. The van der Waals surface area contributed by atoms with Gasteiger partial charge in [-0.15, -0.1) is 0 Å². The summed E-state index contributed by atoms with van der Waals surface area (Å²) in [6, 6.07) is 10.2. The van der Waals surface area contributed by atoms with Gasteiger partial charge in [-0.3, -0.25) is 0 Å². The zero-order valence-corrected chi connectivity index (χ0v) is 10.8. The van der Waals surface area contributed by atoms with Crippen LogP contribution in [-0.2, 0) is 6.54 Å². The van der Waals surface area contributed by atoms with Crippen LogP contribution in [0.4, 0.5) is 5.69 Å². The van der Waals surface area contributed by atoms with E-state index in [-0.39, 0.29) is 0 Å². The highest BCUT2D eigenvalue weighted by molar-refractivity contribution is 6.29. The van der Waals surface area contributed by atoms with E-state index >= 15 is 0 Å². The van der Waals surface area contributed by atoms with Gasteiger partial charge in [-0.05, 0) is 42.7 Å². The van der Waals surface area contributed by atoms with Crippen molar-refractivity contribution in [1.82, 2.24) is 4.98 Å². The van der Waals surface area contributed by atoms with Crippen LogP contribution in [0.25, 0.3) is 0 Å². The first-order chi connectivity index (χ1) is 8.15. The average molecular weight is 247 g/mol. The van der Waals surface area contributed by atoms with E-state index in [2.05, 4.69) is 42.3 Å². The summed E-state index contributed by atoms with van der Waals surface area (Å²) in [7, 11) is 0. The number of rotatable bonds is 3. The third-order valence-corrected chi connectivity index (χ3v) is 3.02. The minimum Gasteiger partial charge on any atom is -0.380 e. The quantitative estimate of drug-likeness (QED) is 0.829. The van der Waals surface area contributed by atoms with Crippen LogP contribution in [0.1, 0.15) is 16.7 Å². The summed E-state index contributed by atoms with van der Waals surface area (Å²) in [6.45, 7) is 5.04. The van der Waals surface area contributed by atoms with E-state index in [4.69, 9.17) is 11.6 Å². The number of aromatic nitrogens is 1. The highest BCUT2D eigenvalue weighted by Gasteiger charge is 1.97. The predicted molar refractivity (Wildman–Crippen MR) is 72.5 cm³/mol. The van der Waals surface area contributed by atoms with Crippen LogP contribution in [0.2, 0.25) is 5.15 Å². The topological polar surface area (TPSA) is 24.9 Å². The van der Waals surface area contributed by atoms with Gasteiger partial charge in [-0.25, -0.2) is 4.98 Å². The summed E-state index contributed by atoms with van der Waals surface area (Å²) in [5, 5.41) is 3.83. The first-order valence-corrected chi connectivity index (χ1v) is 5.94. The number of hydrogen-bond acceptors (Lipinski definition) is 2. The Bertz CT molecular complexity index is 506. The number of benzene rings is 1. The smallest absolute Gasteiger partial charge is 0.129 e. The van der Waals surface area contributed by atoms with Crippen molar-refractivity contribution in [3.63, 3.8) is 0 Å². The Labute approximate surface area is 107 Å². The lowest BCUT2D eigenvalue weighted by Gasteiger charge is -2.08. The van der Waals surface area contributed by atoms with Crippen molar-refractivity contribution in [1.29, 1.82) is 0 Å². The normalized spacial score (nSPS) is 10.3. The molecule has 1 N–H and O–H groups in total. The predicted octanol–water partition coefficient (Wildman–Crippen LogP) is 3.96. The second kappa shape index (κ2) is 5.19. The lowest BCUT2D eigenvalue weighted by molar-refractivity contribution is 1.12. The average Bonchev–Trinajstić information content (AvgIpc) is 2.33. The van der Waals surface area contributed by atoms with Gasteiger partial charge in [0.15, 0.2) is 0 Å². The lowest BCUT2D eigenvalue weighted by atomic mass is 10.1. The molecule has 0 bridgehead atoms. The Morgan fingerprint density at radius 1 is 1.12 bits per heavy atom. The summed E-state index contributed by atoms with van der Waals surface area (Å²) >= 11 is 5.73. The molecule has 1 aromatic heterocycles. The van der Waals surface area contributed by atoms with Crippen molar-refractivity contribution in [3.05, 3.63) is 58.4 Å². The standard InChI is InChI=1S/C14H15ClN2/c1-10-3-4-12(7-11(10)2)8-16-13-5-6-14(15)17-9-13/h3-7,9,16H,8H2,1-2H3. The Morgan fingerprint density at radius 2 is 1.94 bits per heavy atom. The third-order valence-electron chi connectivity index (χ3n) is 2.80. The number of nitrogens with zero attached hydrogens (tertiary/aromatic N) is 1. The van der Waals surface area contributed by atoms with Crippen LogP contribution >= 0.6 is 11.6 Å². The summed E-state index contributed by atoms with van der Waals surface area (Å²) in [5.41, 5.74) is 4.89. The Morgan fingerprint density at radius 3 is 2.59 bits per heavy atom. The van der Waals surface area contributed by atoms with E-state index in [1.54, 1.807) is 12.3 Å². The third kappa shape index (κ3) is 3.21. The first kappa shape index (κ1) is 11.9. The zero-order chi connectivity index (χ0) is 12.3. The highest BCUT2D eigenvalue weighted by Crippen LogP contribution is 2.13. The number of nitrogens with one attached hydrogen (secondary N) is 1. The van der Waals surface area contributed by atoms with Gasteiger partial charge in [0.05, 0.1) is 11.9 Å². The molecule has 1 aromatic carbocycles. The lowest BCUT2D eigenvalue weighted by Crippen LogP contribution is -2.00. The van der Waals surface area contributed by atoms with Crippen LogP contribution in [-0.4, -0.2) is 4.98 Å². The Kier molecular flexibility index (Phi) is 3.64. The van der Waals surface area contributed by atoms with Crippen molar-refractivity contribution in [2.45, 2.75) is 20.4 Å². The summed E-state index contributed by atoms with van der Waals surface area (Å²) < 4.78 is 0. The van der Waals surface area contributed by atoms with Crippen LogP contribution in [0, 0.1) is 13.8 Å². The molecule has 0 saturated carbocycles. The Balaban J connectivity index is 2.02. The number of anilines is 1. The molecule has 88 valence electrons. The van der Waals surface area contributed by atoms with Crippen LogP contribution in [0.15, 0.2) is 36.5 Å². The van der Waals surface area contributed by atoms with Gasteiger partial charge in [-0.1, -0.05) is 29.8 Å². The molecule has 0 spiro atoms. The summed E-state index contributed by atoms with van der Waals surface area (Å²) in [6.07, 6.45) is 1.74. The molecule has 2 nitrogen and oxygen atoms in total. The maximum Gasteiger partial charge on any atom is 0.129 e. The van der Waals surface area contributed by atoms with Crippen LogP contribution in [0.5, 0.6) is 0 Å². The van der Waals surface area contributed by atoms with Crippen molar-refractivity contribution in [2.24, 2.45) is 0 Å². The molecule has 1 heterocycles. The number of aryl methyl sites for hydroxylation is 2. The molecule has 0 saturated heterocycles. The number of hydrogen-bond donors (Lipinski definition) is 1. The largest absolute Gasteiger partial charge is 0.380 e. The van der Waals surface area contributed by atoms with Gasteiger partial charge < -0.3 is 5.32 Å². The maximum atomic E-state index is 5.73. The number of halogens is 1. The van der Waals surface area contributed by atoms with Crippen molar-refractivity contribution in [2.75, 3.05) is 5.32 Å².